The van der Waals surface area contributed by atoms with Crippen molar-refractivity contribution in [2.24, 2.45) is 5.41 Å². The van der Waals surface area contributed by atoms with Crippen LogP contribution < -0.4 is 10.9 Å². The van der Waals surface area contributed by atoms with Gasteiger partial charge in [-0.3, -0.25) is 23.9 Å². The van der Waals surface area contributed by atoms with E-state index < -0.39 is 17.3 Å². The number of nitrogens with one attached hydrogen (secondary N) is 1. The highest BCUT2D eigenvalue weighted by molar-refractivity contribution is 6.04. The average molecular weight is 442 g/mol. The fraction of sp³-hybridized carbons (Fsp3) is 0.458. The molecule has 0 atom stereocenters. The molecule has 7 nitrogen and oxygen atoms in total. The van der Waals surface area contributed by atoms with Crippen molar-refractivity contribution in [3.8, 4) is 5.69 Å². The number of pyridine rings is 1. The lowest BCUT2D eigenvalue weighted by molar-refractivity contribution is 0.0383. The lowest BCUT2D eigenvalue weighted by atomic mass is 9.73. The molecule has 170 valence electrons. The second-order valence-corrected chi connectivity index (χ2v) is 9.20. The van der Waals surface area contributed by atoms with Crippen LogP contribution in [0.25, 0.3) is 5.69 Å². The van der Waals surface area contributed by atoms with Crippen molar-refractivity contribution < 1.29 is 18.7 Å². The van der Waals surface area contributed by atoms with Crippen LogP contribution in [-0.2, 0) is 11.2 Å². The van der Waals surface area contributed by atoms with Gasteiger partial charge in [-0.15, -0.1) is 0 Å². The number of aromatic nitrogens is 1. The zero-order chi connectivity index (χ0) is 22.9. The molecule has 0 unspecified atom stereocenters. The van der Waals surface area contributed by atoms with Gasteiger partial charge in [0.2, 0.25) is 0 Å². The number of hydrogen-bond acceptors (Lipinski definition) is 5. The number of carbonyl (C=O) groups excluding carboxylic acids is 2. The Bertz CT molecular complexity index is 1090. The number of carbonyl (C=O) groups is 2. The van der Waals surface area contributed by atoms with Crippen LogP contribution in [0.5, 0.6) is 0 Å². The molecule has 1 aliphatic carbocycles. The maximum atomic E-state index is 13.4. The van der Waals surface area contributed by atoms with E-state index in [9.17, 15) is 18.8 Å². The third-order valence-electron chi connectivity index (χ3n) is 6.06. The van der Waals surface area contributed by atoms with E-state index >= 15 is 0 Å². The summed E-state index contributed by atoms with van der Waals surface area (Å²) in [4.78, 5) is 41.7. The summed E-state index contributed by atoms with van der Waals surface area (Å²) in [5, 5.41) is 2.86. The lowest BCUT2D eigenvalue weighted by Crippen LogP contribution is -2.43. The molecule has 1 aromatic heterocycles. The molecule has 32 heavy (non-hydrogen) atoms. The second kappa shape index (κ2) is 8.96. The summed E-state index contributed by atoms with van der Waals surface area (Å²) in [7, 11) is 0. The van der Waals surface area contributed by atoms with Gasteiger partial charge in [0.1, 0.15) is 11.4 Å². The standard InChI is InChI=1S/C24H28FN3O4/c1-24(2)13-18-19(20(29)14-24)15-28(17-5-3-16(25)4-6-17)23(31)21(18)22(30)26-7-8-27-9-11-32-12-10-27/h3-6,15H,7-14H2,1-2H3,(H,26,30). The number of halogens is 1. The normalized spacial score (nSPS) is 18.3. The van der Waals surface area contributed by atoms with E-state index in [1.807, 2.05) is 13.8 Å². The molecule has 2 aromatic rings. The van der Waals surface area contributed by atoms with E-state index in [4.69, 9.17) is 4.74 Å². The van der Waals surface area contributed by atoms with Crippen molar-refractivity contribution in [1.29, 1.82) is 0 Å². The van der Waals surface area contributed by atoms with Crippen LogP contribution in [0.3, 0.4) is 0 Å². The Balaban J connectivity index is 1.70. The number of hydrogen-bond donors (Lipinski definition) is 1. The van der Waals surface area contributed by atoms with E-state index in [1.165, 1.54) is 35.0 Å². The number of Topliss-reactive ketones (excluding diaryl/α,β-unsaturated/α-hetero) is 1. The van der Waals surface area contributed by atoms with Crippen LogP contribution in [-0.4, -0.2) is 60.6 Å². The van der Waals surface area contributed by atoms with Gasteiger partial charge in [0.15, 0.2) is 5.78 Å². The fourth-order valence-electron chi connectivity index (χ4n) is 4.41. The zero-order valence-corrected chi connectivity index (χ0v) is 18.4. The topological polar surface area (TPSA) is 80.6 Å². The van der Waals surface area contributed by atoms with Gasteiger partial charge in [-0.05, 0) is 41.7 Å². The highest BCUT2D eigenvalue weighted by Crippen LogP contribution is 2.35. The number of rotatable bonds is 5. The Morgan fingerprint density at radius 2 is 1.81 bits per heavy atom. The molecule has 2 heterocycles. The van der Waals surface area contributed by atoms with Crippen molar-refractivity contribution in [2.75, 3.05) is 39.4 Å². The Labute approximate surface area is 186 Å². The molecule has 0 saturated carbocycles. The van der Waals surface area contributed by atoms with Crippen LogP contribution in [0.1, 0.15) is 46.5 Å². The minimum absolute atomic E-state index is 0.00470. The first-order valence-corrected chi connectivity index (χ1v) is 10.9. The van der Waals surface area contributed by atoms with Crippen LogP contribution >= 0.6 is 0 Å². The number of fused-ring (bicyclic) bond motifs is 1. The Hall–Kier alpha value is -2.84. The molecule has 4 rings (SSSR count). The minimum Gasteiger partial charge on any atom is -0.379 e. The van der Waals surface area contributed by atoms with Crippen molar-refractivity contribution in [1.82, 2.24) is 14.8 Å². The average Bonchev–Trinajstić information content (AvgIpc) is 2.74. The molecular weight excluding hydrogens is 413 g/mol. The summed E-state index contributed by atoms with van der Waals surface area (Å²) in [6.07, 6.45) is 2.28. The molecule has 1 amide bonds. The lowest BCUT2D eigenvalue weighted by Gasteiger charge is -2.31. The van der Waals surface area contributed by atoms with Crippen molar-refractivity contribution in [2.45, 2.75) is 26.7 Å². The molecule has 1 fully saturated rings. The third kappa shape index (κ3) is 4.66. The van der Waals surface area contributed by atoms with Gasteiger partial charge in [0.05, 0.1) is 13.2 Å². The van der Waals surface area contributed by atoms with E-state index in [2.05, 4.69) is 10.2 Å². The number of ketones is 1. The summed E-state index contributed by atoms with van der Waals surface area (Å²) in [5.41, 5.74) is 0.422. The SMILES string of the molecule is CC1(C)CC(=O)c2cn(-c3ccc(F)cc3)c(=O)c(C(=O)NCCN3CCOCC3)c2C1. The van der Waals surface area contributed by atoms with E-state index in [-0.39, 0.29) is 16.8 Å². The molecule has 8 heteroatoms. The van der Waals surface area contributed by atoms with Crippen LogP contribution in [0.4, 0.5) is 4.39 Å². The van der Waals surface area contributed by atoms with Crippen molar-refractivity contribution in [3.05, 3.63) is 63.3 Å². The number of morpholine rings is 1. The van der Waals surface area contributed by atoms with Gasteiger partial charge in [-0.1, -0.05) is 13.8 Å². The zero-order valence-electron chi connectivity index (χ0n) is 18.4. The third-order valence-corrected chi connectivity index (χ3v) is 6.06. The predicted octanol–water partition coefficient (Wildman–Crippen LogP) is 2.19. The highest BCUT2D eigenvalue weighted by atomic mass is 19.1. The molecule has 1 aliphatic heterocycles. The van der Waals surface area contributed by atoms with Gasteiger partial charge in [-0.2, -0.15) is 0 Å². The molecule has 0 spiro atoms. The summed E-state index contributed by atoms with van der Waals surface area (Å²) >= 11 is 0. The van der Waals surface area contributed by atoms with Gasteiger partial charge in [0.25, 0.3) is 11.5 Å². The monoisotopic (exact) mass is 441 g/mol. The first-order valence-electron chi connectivity index (χ1n) is 10.9. The summed E-state index contributed by atoms with van der Waals surface area (Å²) < 4.78 is 20.0. The number of benzene rings is 1. The predicted molar refractivity (Wildman–Crippen MR) is 118 cm³/mol. The van der Waals surface area contributed by atoms with E-state index in [0.717, 1.165) is 13.1 Å². The summed E-state index contributed by atoms with van der Waals surface area (Å²) in [5.74, 6) is -1.02. The Morgan fingerprint density at radius 3 is 2.50 bits per heavy atom. The number of amides is 1. The maximum absolute atomic E-state index is 13.4. The van der Waals surface area contributed by atoms with Gasteiger partial charge < -0.3 is 10.1 Å². The maximum Gasteiger partial charge on any atom is 0.268 e. The van der Waals surface area contributed by atoms with E-state index in [1.54, 1.807) is 0 Å². The minimum atomic E-state index is -0.510. The van der Waals surface area contributed by atoms with Crippen LogP contribution in [0.15, 0.2) is 35.3 Å². The number of ether oxygens (including phenoxy) is 1. The number of nitrogens with zero attached hydrogens (tertiary/aromatic N) is 2. The van der Waals surface area contributed by atoms with E-state index in [0.29, 0.717) is 56.0 Å². The second-order valence-electron chi connectivity index (χ2n) is 9.20. The molecule has 1 N–H and O–H groups in total. The van der Waals surface area contributed by atoms with Crippen molar-refractivity contribution >= 4 is 11.7 Å². The first-order chi connectivity index (χ1) is 15.2. The summed E-state index contributed by atoms with van der Waals surface area (Å²) in [6.45, 7) is 7.89. The van der Waals surface area contributed by atoms with Crippen LogP contribution in [0, 0.1) is 11.2 Å². The summed E-state index contributed by atoms with van der Waals surface area (Å²) in [6, 6.07) is 5.41. The fourth-order valence-corrected chi connectivity index (χ4v) is 4.41. The highest BCUT2D eigenvalue weighted by Gasteiger charge is 2.36. The van der Waals surface area contributed by atoms with Crippen LogP contribution in [0.2, 0.25) is 0 Å². The largest absolute Gasteiger partial charge is 0.379 e. The molecule has 2 aliphatic rings. The molecule has 1 aromatic carbocycles. The van der Waals surface area contributed by atoms with Gasteiger partial charge >= 0.3 is 0 Å². The smallest absolute Gasteiger partial charge is 0.268 e. The van der Waals surface area contributed by atoms with Crippen molar-refractivity contribution in [3.63, 3.8) is 0 Å². The molecule has 0 radical (unpaired) electrons. The molecule has 0 bridgehead atoms. The Morgan fingerprint density at radius 1 is 1.12 bits per heavy atom. The first kappa shape index (κ1) is 22.4. The molecular formula is C24H28FN3O4. The quantitative estimate of drug-likeness (QED) is 0.770. The van der Waals surface area contributed by atoms with Gasteiger partial charge in [0, 0.05) is 50.0 Å². The molecule has 1 saturated heterocycles. The Kier molecular flexibility index (Phi) is 6.26. The van der Waals surface area contributed by atoms with Gasteiger partial charge in [-0.25, -0.2) is 4.39 Å².